The molecule has 2 unspecified atom stereocenters. The highest BCUT2D eigenvalue weighted by molar-refractivity contribution is 5.74. The monoisotopic (exact) mass is 420 g/mol. The Morgan fingerprint density at radius 2 is 1.42 bits per heavy atom. The Hall–Kier alpha value is -2.83. The van der Waals surface area contributed by atoms with Gasteiger partial charge in [-0.05, 0) is 61.4 Å². The zero-order valence-electron chi connectivity index (χ0n) is 17.8. The molecule has 31 heavy (non-hydrogen) atoms. The molecule has 2 atom stereocenters. The van der Waals surface area contributed by atoms with E-state index in [4.69, 9.17) is 18.9 Å². The highest BCUT2D eigenvalue weighted by Gasteiger charge is 2.24. The predicted octanol–water partition coefficient (Wildman–Crippen LogP) is 4.64. The molecule has 1 aromatic heterocycles. The lowest BCUT2D eigenvalue weighted by Crippen LogP contribution is -2.03. The van der Waals surface area contributed by atoms with Gasteiger partial charge in [-0.2, -0.15) is 5.10 Å². The third kappa shape index (κ3) is 5.09. The summed E-state index contributed by atoms with van der Waals surface area (Å²) in [7, 11) is 0. The summed E-state index contributed by atoms with van der Waals surface area (Å²) in [4.78, 5) is 0. The van der Waals surface area contributed by atoms with Gasteiger partial charge in [-0.15, -0.1) is 0 Å². The number of benzene rings is 2. The molecule has 0 amide bonds. The van der Waals surface area contributed by atoms with Crippen LogP contribution in [0, 0.1) is 0 Å². The van der Waals surface area contributed by atoms with Gasteiger partial charge < -0.3 is 18.9 Å². The molecule has 1 N–H and O–H groups in total. The fourth-order valence-corrected chi connectivity index (χ4v) is 3.57. The largest absolute Gasteiger partial charge is 0.491 e. The van der Waals surface area contributed by atoms with Crippen LogP contribution in [0.2, 0.25) is 0 Å². The molecule has 0 saturated carbocycles. The molecule has 3 heterocycles. The van der Waals surface area contributed by atoms with Crippen LogP contribution < -0.4 is 9.47 Å². The summed E-state index contributed by atoms with van der Waals surface area (Å²) in [5.41, 5.74) is 5.54. The molecule has 5 rings (SSSR count). The predicted molar refractivity (Wildman–Crippen MR) is 119 cm³/mol. The van der Waals surface area contributed by atoms with Crippen LogP contribution in [0.5, 0.6) is 11.5 Å². The Morgan fingerprint density at radius 3 is 1.94 bits per heavy atom. The smallest absolute Gasteiger partial charge is 0.119 e. The molecule has 2 aliphatic heterocycles. The number of unbranched alkanes of at least 4 members (excludes halogenated alkanes) is 1. The van der Waals surface area contributed by atoms with Gasteiger partial charge in [-0.1, -0.05) is 13.3 Å². The lowest BCUT2D eigenvalue weighted by molar-refractivity contribution is 0.263. The van der Waals surface area contributed by atoms with Crippen LogP contribution in [0.15, 0.2) is 48.5 Å². The van der Waals surface area contributed by atoms with Gasteiger partial charge in [0.1, 0.15) is 36.9 Å². The number of hydrogen-bond acceptors (Lipinski definition) is 5. The second-order valence-electron chi connectivity index (χ2n) is 8.11. The average Bonchev–Trinajstić information content (AvgIpc) is 3.74. The minimum Gasteiger partial charge on any atom is -0.491 e. The van der Waals surface area contributed by atoms with E-state index in [1.165, 1.54) is 5.56 Å². The molecule has 0 aliphatic carbocycles. The van der Waals surface area contributed by atoms with E-state index in [9.17, 15) is 0 Å². The van der Waals surface area contributed by atoms with Crippen molar-refractivity contribution in [3.05, 3.63) is 54.1 Å². The summed E-state index contributed by atoms with van der Waals surface area (Å²) in [5.74, 6) is 1.72. The van der Waals surface area contributed by atoms with Gasteiger partial charge >= 0.3 is 0 Å². The molecule has 162 valence electrons. The van der Waals surface area contributed by atoms with Crippen LogP contribution in [-0.4, -0.2) is 48.8 Å². The van der Waals surface area contributed by atoms with Crippen LogP contribution in [-0.2, 0) is 15.9 Å². The van der Waals surface area contributed by atoms with Gasteiger partial charge in [0, 0.05) is 16.7 Å². The molecule has 0 radical (unpaired) electrons. The maximum Gasteiger partial charge on any atom is 0.119 e. The number of epoxide rings is 2. The molecule has 6 nitrogen and oxygen atoms in total. The number of aromatic amines is 1. The minimum atomic E-state index is 0.257. The highest BCUT2D eigenvalue weighted by Crippen LogP contribution is 2.33. The molecule has 2 aromatic carbocycles. The van der Waals surface area contributed by atoms with E-state index < -0.39 is 0 Å². The molecular weight excluding hydrogens is 392 g/mol. The number of ether oxygens (including phenoxy) is 4. The minimum absolute atomic E-state index is 0.257. The van der Waals surface area contributed by atoms with Crippen LogP contribution in [0.25, 0.3) is 22.5 Å². The standard InChI is InChI=1S/C25H28N2O4/c1-2-3-4-23-24(17-5-9-19(10-6-17)28-13-21-15-30-21)26-27-25(23)18-7-11-20(12-8-18)29-14-22-16-31-22/h5-12,21-22H,2-4,13-16H2,1H3,(H,26,27). The second-order valence-corrected chi connectivity index (χ2v) is 8.11. The molecule has 0 spiro atoms. The maximum absolute atomic E-state index is 5.77. The quantitative estimate of drug-likeness (QED) is 0.458. The summed E-state index contributed by atoms with van der Waals surface area (Å²) in [6.07, 6.45) is 3.75. The topological polar surface area (TPSA) is 72.2 Å². The zero-order chi connectivity index (χ0) is 21.0. The summed E-state index contributed by atoms with van der Waals surface area (Å²) in [6, 6.07) is 16.4. The maximum atomic E-state index is 5.77. The van der Waals surface area contributed by atoms with Crippen molar-refractivity contribution in [2.24, 2.45) is 0 Å². The summed E-state index contributed by atoms with van der Waals surface area (Å²) in [5, 5.41) is 7.97. The van der Waals surface area contributed by atoms with Crippen molar-refractivity contribution in [2.75, 3.05) is 26.4 Å². The molecule has 2 saturated heterocycles. The molecule has 2 aliphatic rings. The Balaban J connectivity index is 1.35. The Kier molecular flexibility index (Phi) is 5.91. The first kappa shape index (κ1) is 20.1. The number of rotatable bonds is 11. The highest BCUT2D eigenvalue weighted by atomic mass is 16.6. The SMILES string of the molecule is CCCCc1c(-c2ccc(OCC3CO3)cc2)n[nH]c1-c1ccc(OCC2CO2)cc1. The summed E-state index contributed by atoms with van der Waals surface area (Å²) >= 11 is 0. The first-order valence-corrected chi connectivity index (χ1v) is 11.1. The van der Waals surface area contributed by atoms with Gasteiger partial charge in [0.05, 0.1) is 24.6 Å². The van der Waals surface area contributed by atoms with Crippen molar-refractivity contribution in [1.82, 2.24) is 10.2 Å². The van der Waals surface area contributed by atoms with Crippen molar-refractivity contribution < 1.29 is 18.9 Å². The lowest BCUT2D eigenvalue weighted by atomic mass is 9.97. The molecule has 0 bridgehead atoms. The first-order valence-electron chi connectivity index (χ1n) is 11.1. The fourth-order valence-electron chi connectivity index (χ4n) is 3.57. The summed E-state index contributed by atoms with van der Waals surface area (Å²) in [6.45, 7) is 5.05. The number of aromatic nitrogens is 2. The van der Waals surface area contributed by atoms with E-state index in [0.717, 1.165) is 66.5 Å². The van der Waals surface area contributed by atoms with Crippen LogP contribution in [0.4, 0.5) is 0 Å². The van der Waals surface area contributed by atoms with E-state index >= 15 is 0 Å². The van der Waals surface area contributed by atoms with Crippen molar-refractivity contribution >= 4 is 0 Å². The molecule has 6 heteroatoms. The van der Waals surface area contributed by atoms with E-state index in [0.29, 0.717) is 13.2 Å². The van der Waals surface area contributed by atoms with Gasteiger partial charge in [-0.3, -0.25) is 5.10 Å². The Morgan fingerprint density at radius 1 is 0.871 bits per heavy atom. The second kappa shape index (κ2) is 9.12. The van der Waals surface area contributed by atoms with Crippen molar-refractivity contribution in [2.45, 2.75) is 38.4 Å². The van der Waals surface area contributed by atoms with E-state index in [2.05, 4.69) is 41.4 Å². The van der Waals surface area contributed by atoms with Crippen LogP contribution in [0.1, 0.15) is 25.3 Å². The van der Waals surface area contributed by atoms with Gasteiger partial charge in [-0.25, -0.2) is 0 Å². The Bertz CT molecular complexity index is 912. The third-order valence-electron chi connectivity index (χ3n) is 5.59. The van der Waals surface area contributed by atoms with Crippen LogP contribution >= 0.6 is 0 Å². The average molecular weight is 421 g/mol. The third-order valence-corrected chi connectivity index (χ3v) is 5.59. The number of H-pyrrole nitrogens is 1. The van der Waals surface area contributed by atoms with Crippen LogP contribution in [0.3, 0.4) is 0 Å². The van der Waals surface area contributed by atoms with E-state index in [1.807, 2.05) is 24.3 Å². The fraction of sp³-hybridized carbons (Fsp3) is 0.400. The molecule has 2 fully saturated rings. The summed E-state index contributed by atoms with van der Waals surface area (Å²) < 4.78 is 21.9. The number of nitrogens with zero attached hydrogens (tertiary/aromatic N) is 1. The van der Waals surface area contributed by atoms with Gasteiger partial charge in [0.2, 0.25) is 0 Å². The molecular formula is C25H28N2O4. The zero-order valence-corrected chi connectivity index (χ0v) is 17.8. The first-order chi connectivity index (χ1) is 15.3. The van der Waals surface area contributed by atoms with E-state index in [1.54, 1.807) is 0 Å². The molecule has 3 aromatic rings. The normalized spacial score (nSPS) is 19.3. The van der Waals surface area contributed by atoms with Crippen molar-refractivity contribution in [3.63, 3.8) is 0 Å². The van der Waals surface area contributed by atoms with Crippen molar-refractivity contribution in [3.8, 4) is 34.0 Å². The van der Waals surface area contributed by atoms with Gasteiger partial charge in [0.15, 0.2) is 0 Å². The Labute approximate surface area is 182 Å². The number of nitrogens with one attached hydrogen (secondary N) is 1. The van der Waals surface area contributed by atoms with E-state index in [-0.39, 0.29) is 12.2 Å². The lowest BCUT2D eigenvalue weighted by Gasteiger charge is -2.09. The van der Waals surface area contributed by atoms with Gasteiger partial charge in [0.25, 0.3) is 0 Å². The number of hydrogen-bond donors (Lipinski definition) is 1. The van der Waals surface area contributed by atoms with Crippen molar-refractivity contribution in [1.29, 1.82) is 0 Å².